The first-order valence-electron chi connectivity index (χ1n) is 8.75. The van der Waals surface area contributed by atoms with Gasteiger partial charge in [-0.25, -0.2) is 9.78 Å². The Hall–Kier alpha value is -2.61. The zero-order chi connectivity index (χ0) is 19.2. The molecular weight excluding hydrogens is 357 g/mol. The average molecular weight is 376 g/mol. The summed E-state index contributed by atoms with van der Waals surface area (Å²) in [5.41, 5.74) is 0.883. The SMILES string of the molecule is Cn1c(=O)n([C@@H]2CCN(Cc3ccccc3C(F)(F)F)C2)c2ncccc21. The lowest BCUT2D eigenvalue weighted by molar-refractivity contribution is -0.138. The Labute approximate surface area is 153 Å². The summed E-state index contributed by atoms with van der Waals surface area (Å²) < 4.78 is 42.9. The van der Waals surface area contributed by atoms with Crippen LogP contribution in [-0.4, -0.2) is 32.1 Å². The minimum absolute atomic E-state index is 0.103. The van der Waals surface area contributed by atoms with Crippen LogP contribution in [0.25, 0.3) is 11.2 Å². The first kappa shape index (κ1) is 17.8. The van der Waals surface area contributed by atoms with Crippen LogP contribution in [0.4, 0.5) is 13.2 Å². The molecule has 2 aromatic heterocycles. The van der Waals surface area contributed by atoms with Crippen molar-refractivity contribution < 1.29 is 13.2 Å². The normalized spacial score (nSPS) is 18.4. The van der Waals surface area contributed by atoms with Gasteiger partial charge in [-0.05, 0) is 30.2 Å². The molecule has 4 rings (SSSR count). The number of alkyl halides is 3. The van der Waals surface area contributed by atoms with Gasteiger partial charge in [0.2, 0.25) is 0 Å². The van der Waals surface area contributed by atoms with E-state index in [1.54, 1.807) is 34.5 Å². The number of hydrogen-bond donors (Lipinski definition) is 0. The van der Waals surface area contributed by atoms with E-state index in [9.17, 15) is 18.0 Å². The molecule has 0 saturated carbocycles. The van der Waals surface area contributed by atoms with Gasteiger partial charge >= 0.3 is 11.9 Å². The van der Waals surface area contributed by atoms with Crippen LogP contribution < -0.4 is 5.69 Å². The summed E-state index contributed by atoms with van der Waals surface area (Å²) in [7, 11) is 1.70. The number of aryl methyl sites for hydroxylation is 1. The van der Waals surface area contributed by atoms with Gasteiger partial charge in [-0.15, -0.1) is 0 Å². The van der Waals surface area contributed by atoms with Gasteiger partial charge in [-0.3, -0.25) is 14.0 Å². The number of pyridine rings is 1. The van der Waals surface area contributed by atoms with Crippen LogP contribution in [0.2, 0.25) is 0 Å². The van der Waals surface area contributed by atoms with E-state index < -0.39 is 11.7 Å². The van der Waals surface area contributed by atoms with Crippen LogP contribution >= 0.6 is 0 Å². The molecule has 1 atom stereocenters. The van der Waals surface area contributed by atoms with Crippen molar-refractivity contribution in [1.29, 1.82) is 0 Å². The van der Waals surface area contributed by atoms with E-state index in [-0.39, 0.29) is 23.8 Å². The predicted molar refractivity (Wildman–Crippen MR) is 95.3 cm³/mol. The van der Waals surface area contributed by atoms with Crippen molar-refractivity contribution >= 4 is 11.2 Å². The highest BCUT2D eigenvalue weighted by molar-refractivity contribution is 5.71. The second-order valence-electron chi connectivity index (χ2n) is 6.89. The van der Waals surface area contributed by atoms with Crippen molar-refractivity contribution in [2.24, 2.45) is 7.05 Å². The third-order valence-corrected chi connectivity index (χ3v) is 5.18. The third kappa shape index (κ3) is 3.14. The predicted octanol–water partition coefficient (Wildman–Crippen LogP) is 3.20. The Morgan fingerprint density at radius 2 is 1.96 bits per heavy atom. The second kappa shape index (κ2) is 6.53. The van der Waals surface area contributed by atoms with E-state index >= 15 is 0 Å². The van der Waals surface area contributed by atoms with E-state index in [0.717, 1.165) is 11.6 Å². The van der Waals surface area contributed by atoms with Gasteiger partial charge in [0.25, 0.3) is 0 Å². The third-order valence-electron chi connectivity index (χ3n) is 5.18. The van der Waals surface area contributed by atoms with Crippen LogP contribution in [0.5, 0.6) is 0 Å². The highest BCUT2D eigenvalue weighted by atomic mass is 19.4. The molecule has 0 amide bonds. The number of likely N-dealkylation sites (tertiary alicyclic amines) is 1. The molecule has 1 aliphatic heterocycles. The molecule has 1 aliphatic rings. The lowest BCUT2D eigenvalue weighted by atomic mass is 10.1. The van der Waals surface area contributed by atoms with E-state index in [2.05, 4.69) is 4.98 Å². The number of halogens is 3. The largest absolute Gasteiger partial charge is 0.416 e. The van der Waals surface area contributed by atoms with E-state index in [0.29, 0.717) is 25.2 Å². The molecule has 0 spiro atoms. The fraction of sp³-hybridized carbons (Fsp3) is 0.368. The molecule has 5 nitrogen and oxygen atoms in total. The maximum atomic E-state index is 13.2. The van der Waals surface area contributed by atoms with E-state index in [1.807, 2.05) is 11.0 Å². The number of nitrogens with zero attached hydrogens (tertiary/aromatic N) is 4. The number of benzene rings is 1. The average Bonchev–Trinajstić information content (AvgIpc) is 3.18. The molecule has 8 heteroatoms. The molecule has 0 N–H and O–H groups in total. The minimum atomic E-state index is -4.37. The lowest BCUT2D eigenvalue weighted by Crippen LogP contribution is -2.29. The molecule has 142 valence electrons. The molecule has 1 fully saturated rings. The van der Waals surface area contributed by atoms with Crippen LogP contribution in [0.3, 0.4) is 0 Å². The summed E-state index contributed by atoms with van der Waals surface area (Å²) in [6.07, 6.45) is -2.03. The van der Waals surface area contributed by atoms with Gasteiger partial charge in [-0.2, -0.15) is 13.2 Å². The first-order chi connectivity index (χ1) is 12.9. The molecular formula is C19H19F3N4O. The number of fused-ring (bicyclic) bond motifs is 1. The number of rotatable bonds is 3. The zero-order valence-corrected chi connectivity index (χ0v) is 14.8. The topological polar surface area (TPSA) is 43.1 Å². The Morgan fingerprint density at radius 3 is 2.74 bits per heavy atom. The van der Waals surface area contributed by atoms with Gasteiger partial charge in [0.05, 0.1) is 17.1 Å². The van der Waals surface area contributed by atoms with Gasteiger partial charge < -0.3 is 0 Å². The fourth-order valence-corrected chi connectivity index (χ4v) is 3.86. The Morgan fingerprint density at radius 1 is 1.19 bits per heavy atom. The standard InChI is InChI=1S/C19H19F3N4O/c1-24-16-7-4-9-23-17(16)26(18(24)27)14-8-10-25(12-14)11-13-5-2-3-6-15(13)19(20,21)22/h2-7,9,14H,8,10-12H2,1H3/t14-/m1/s1. The van der Waals surface area contributed by atoms with Crippen LogP contribution in [0.1, 0.15) is 23.6 Å². The fourth-order valence-electron chi connectivity index (χ4n) is 3.86. The summed E-state index contributed by atoms with van der Waals surface area (Å²) in [5.74, 6) is 0. The zero-order valence-electron chi connectivity index (χ0n) is 14.8. The summed E-state index contributed by atoms with van der Waals surface area (Å²) in [5, 5.41) is 0. The Kier molecular flexibility index (Phi) is 4.30. The van der Waals surface area contributed by atoms with Crippen LogP contribution in [-0.2, 0) is 19.8 Å². The highest BCUT2D eigenvalue weighted by Gasteiger charge is 2.34. The highest BCUT2D eigenvalue weighted by Crippen LogP contribution is 2.33. The summed E-state index contributed by atoms with van der Waals surface area (Å²) in [6.45, 7) is 1.35. The van der Waals surface area contributed by atoms with Gasteiger partial charge in [-0.1, -0.05) is 18.2 Å². The monoisotopic (exact) mass is 376 g/mol. The molecule has 1 aromatic carbocycles. The molecule has 27 heavy (non-hydrogen) atoms. The maximum Gasteiger partial charge on any atom is 0.416 e. The number of imidazole rings is 1. The first-order valence-corrected chi connectivity index (χ1v) is 8.75. The lowest BCUT2D eigenvalue weighted by Gasteiger charge is -2.19. The molecule has 3 heterocycles. The van der Waals surface area contributed by atoms with Crippen molar-refractivity contribution in [2.45, 2.75) is 25.2 Å². The van der Waals surface area contributed by atoms with Crippen molar-refractivity contribution in [3.8, 4) is 0 Å². The van der Waals surface area contributed by atoms with Crippen LogP contribution in [0, 0.1) is 0 Å². The van der Waals surface area contributed by atoms with Gasteiger partial charge in [0.1, 0.15) is 0 Å². The number of aromatic nitrogens is 3. The molecule has 1 saturated heterocycles. The molecule has 3 aromatic rings. The van der Waals surface area contributed by atoms with Gasteiger partial charge in [0, 0.05) is 32.9 Å². The van der Waals surface area contributed by atoms with Crippen molar-refractivity contribution in [1.82, 2.24) is 19.0 Å². The molecule has 0 bridgehead atoms. The molecule has 0 radical (unpaired) electrons. The minimum Gasteiger partial charge on any atom is -0.297 e. The van der Waals surface area contributed by atoms with E-state index in [1.165, 1.54) is 12.1 Å². The van der Waals surface area contributed by atoms with E-state index in [4.69, 9.17) is 0 Å². The molecule has 0 unspecified atom stereocenters. The summed E-state index contributed by atoms with van der Waals surface area (Å²) in [6, 6.07) is 9.17. The Balaban J connectivity index is 1.60. The number of hydrogen-bond acceptors (Lipinski definition) is 3. The van der Waals surface area contributed by atoms with Crippen molar-refractivity contribution in [3.63, 3.8) is 0 Å². The molecule has 0 aliphatic carbocycles. The van der Waals surface area contributed by atoms with Crippen LogP contribution in [0.15, 0.2) is 47.4 Å². The Bertz CT molecular complexity index is 1040. The smallest absolute Gasteiger partial charge is 0.297 e. The summed E-state index contributed by atoms with van der Waals surface area (Å²) in [4.78, 5) is 18.9. The van der Waals surface area contributed by atoms with Crippen molar-refractivity contribution in [2.75, 3.05) is 13.1 Å². The van der Waals surface area contributed by atoms with Crippen molar-refractivity contribution in [3.05, 3.63) is 64.2 Å². The quantitative estimate of drug-likeness (QED) is 0.705. The van der Waals surface area contributed by atoms with Gasteiger partial charge in [0.15, 0.2) is 5.65 Å². The maximum absolute atomic E-state index is 13.2. The summed E-state index contributed by atoms with van der Waals surface area (Å²) >= 11 is 0. The second-order valence-corrected chi connectivity index (χ2v) is 6.89.